The minimum atomic E-state index is -0.263. The van der Waals surface area contributed by atoms with E-state index in [-0.39, 0.29) is 24.2 Å². The third kappa shape index (κ3) is 4.28. The lowest BCUT2D eigenvalue weighted by Crippen LogP contribution is -2.35. The van der Waals surface area contributed by atoms with Crippen molar-refractivity contribution in [2.75, 3.05) is 25.0 Å². The molecule has 0 aromatic carbocycles. The number of amides is 2. The lowest BCUT2D eigenvalue weighted by Gasteiger charge is -2.20. The Morgan fingerprint density at radius 1 is 1.39 bits per heavy atom. The number of aromatic nitrogens is 2. The van der Waals surface area contributed by atoms with E-state index in [0.29, 0.717) is 17.6 Å². The average Bonchev–Trinajstić information content (AvgIpc) is 3.13. The maximum absolute atomic E-state index is 12.5. The predicted molar refractivity (Wildman–Crippen MR) is 91.6 cm³/mol. The van der Waals surface area contributed by atoms with Gasteiger partial charge in [-0.3, -0.25) is 14.5 Å². The SMILES string of the molecule is CCCCCN(C)C(=O)C1CC(=O)N(c2nnc(C(C)C)s2)C1. The zero-order valence-corrected chi connectivity index (χ0v) is 15.2. The summed E-state index contributed by atoms with van der Waals surface area (Å²) < 4.78 is 0. The Bertz CT molecular complexity index is 558. The van der Waals surface area contributed by atoms with E-state index < -0.39 is 0 Å². The summed E-state index contributed by atoms with van der Waals surface area (Å²) in [6, 6.07) is 0. The number of unbranched alkanes of at least 4 members (excludes halogenated alkanes) is 2. The van der Waals surface area contributed by atoms with Crippen molar-refractivity contribution in [1.29, 1.82) is 0 Å². The minimum absolute atomic E-state index is 0.0308. The number of anilines is 1. The summed E-state index contributed by atoms with van der Waals surface area (Å²) in [7, 11) is 1.83. The molecule has 128 valence electrons. The van der Waals surface area contributed by atoms with Crippen molar-refractivity contribution in [2.45, 2.75) is 52.4 Å². The molecule has 1 aliphatic heterocycles. The predicted octanol–water partition coefficient (Wildman–Crippen LogP) is 2.66. The Hall–Kier alpha value is -1.50. The van der Waals surface area contributed by atoms with Crippen molar-refractivity contribution in [3.05, 3.63) is 5.01 Å². The van der Waals surface area contributed by atoms with Crippen LogP contribution in [0.15, 0.2) is 0 Å². The first-order valence-electron chi connectivity index (χ1n) is 8.32. The van der Waals surface area contributed by atoms with Gasteiger partial charge in [-0.05, 0) is 6.42 Å². The molecular weight excluding hydrogens is 312 g/mol. The molecule has 6 nitrogen and oxygen atoms in total. The number of rotatable bonds is 7. The van der Waals surface area contributed by atoms with Crippen LogP contribution in [0.5, 0.6) is 0 Å². The number of nitrogens with zero attached hydrogens (tertiary/aromatic N) is 4. The molecule has 1 fully saturated rings. The van der Waals surface area contributed by atoms with Gasteiger partial charge in [-0.15, -0.1) is 10.2 Å². The van der Waals surface area contributed by atoms with Crippen LogP contribution < -0.4 is 4.90 Å². The average molecular weight is 338 g/mol. The molecule has 0 N–H and O–H groups in total. The van der Waals surface area contributed by atoms with E-state index in [1.807, 2.05) is 20.9 Å². The molecule has 23 heavy (non-hydrogen) atoms. The molecule has 0 bridgehead atoms. The van der Waals surface area contributed by atoms with Gasteiger partial charge in [0.2, 0.25) is 16.9 Å². The van der Waals surface area contributed by atoms with Gasteiger partial charge >= 0.3 is 0 Å². The van der Waals surface area contributed by atoms with Gasteiger partial charge in [-0.25, -0.2) is 0 Å². The second-order valence-electron chi connectivity index (χ2n) is 6.45. The highest BCUT2D eigenvalue weighted by Gasteiger charge is 2.37. The summed E-state index contributed by atoms with van der Waals surface area (Å²) in [5, 5.41) is 9.78. The van der Waals surface area contributed by atoms with Crippen molar-refractivity contribution in [3.63, 3.8) is 0 Å². The standard InChI is InChI=1S/C16H26N4O2S/c1-5-6-7-8-19(4)15(22)12-9-13(21)20(10-12)16-18-17-14(23-16)11(2)3/h11-12H,5-10H2,1-4H3. The van der Waals surface area contributed by atoms with Gasteiger partial charge in [-0.1, -0.05) is 44.9 Å². The van der Waals surface area contributed by atoms with Crippen LogP contribution in [0.2, 0.25) is 0 Å². The summed E-state index contributed by atoms with van der Waals surface area (Å²) in [6.07, 6.45) is 3.54. The summed E-state index contributed by atoms with van der Waals surface area (Å²) in [6.45, 7) is 7.42. The van der Waals surface area contributed by atoms with E-state index in [9.17, 15) is 9.59 Å². The quantitative estimate of drug-likeness (QED) is 0.717. The van der Waals surface area contributed by atoms with Crippen molar-refractivity contribution in [3.8, 4) is 0 Å². The third-order valence-electron chi connectivity index (χ3n) is 4.10. The third-order valence-corrected chi connectivity index (χ3v) is 5.35. The number of carbonyl (C=O) groups excluding carboxylic acids is 2. The lowest BCUT2D eigenvalue weighted by molar-refractivity contribution is -0.134. The lowest BCUT2D eigenvalue weighted by atomic mass is 10.1. The van der Waals surface area contributed by atoms with E-state index in [0.717, 1.165) is 30.8 Å². The minimum Gasteiger partial charge on any atom is -0.345 e. The maximum Gasteiger partial charge on any atom is 0.229 e. The van der Waals surface area contributed by atoms with Gasteiger partial charge in [0.05, 0.1) is 5.92 Å². The molecule has 1 saturated heterocycles. The van der Waals surface area contributed by atoms with Crippen LogP contribution in [0.1, 0.15) is 57.4 Å². The topological polar surface area (TPSA) is 66.4 Å². The summed E-state index contributed by atoms with van der Waals surface area (Å²) in [4.78, 5) is 28.1. The normalized spacial score (nSPS) is 18.0. The van der Waals surface area contributed by atoms with Crippen LogP contribution in [0.25, 0.3) is 0 Å². The molecule has 2 amide bonds. The molecule has 1 atom stereocenters. The molecule has 0 saturated carbocycles. The fourth-order valence-electron chi connectivity index (χ4n) is 2.65. The second kappa shape index (κ2) is 7.86. The molecule has 7 heteroatoms. The maximum atomic E-state index is 12.5. The summed E-state index contributed by atoms with van der Waals surface area (Å²) in [5.41, 5.74) is 0. The smallest absolute Gasteiger partial charge is 0.229 e. The van der Waals surface area contributed by atoms with Crippen LogP contribution >= 0.6 is 11.3 Å². The Morgan fingerprint density at radius 2 is 2.13 bits per heavy atom. The molecule has 1 unspecified atom stereocenters. The molecule has 0 aliphatic carbocycles. The van der Waals surface area contributed by atoms with Crippen LogP contribution in [-0.2, 0) is 9.59 Å². The Morgan fingerprint density at radius 3 is 2.74 bits per heavy atom. The van der Waals surface area contributed by atoms with Gasteiger partial charge < -0.3 is 4.90 Å². The molecule has 1 aromatic heterocycles. The summed E-state index contributed by atoms with van der Waals surface area (Å²) >= 11 is 1.44. The van der Waals surface area contributed by atoms with Crippen molar-refractivity contribution < 1.29 is 9.59 Å². The number of hydrogen-bond acceptors (Lipinski definition) is 5. The van der Waals surface area contributed by atoms with Crippen LogP contribution in [0.4, 0.5) is 5.13 Å². The highest BCUT2D eigenvalue weighted by Crippen LogP contribution is 2.31. The van der Waals surface area contributed by atoms with Gasteiger partial charge in [0, 0.05) is 32.5 Å². The Balaban J connectivity index is 1.97. The highest BCUT2D eigenvalue weighted by atomic mass is 32.1. The van der Waals surface area contributed by atoms with Crippen LogP contribution in [0, 0.1) is 5.92 Å². The fourth-order valence-corrected chi connectivity index (χ4v) is 3.52. The molecule has 2 heterocycles. The van der Waals surface area contributed by atoms with Crippen LogP contribution in [-0.4, -0.2) is 47.0 Å². The van der Waals surface area contributed by atoms with Gasteiger partial charge in [0.15, 0.2) is 0 Å². The second-order valence-corrected chi connectivity index (χ2v) is 7.44. The molecule has 0 spiro atoms. The first kappa shape index (κ1) is 17.8. The van der Waals surface area contributed by atoms with Crippen molar-refractivity contribution in [2.24, 2.45) is 5.92 Å². The van der Waals surface area contributed by atoms with Gasteiger partial charge in [0.25, 0.3) is 0 Å². The van der Waals surface area contributed by atoms with Crippen LogP contribution in [0.3, 0.4) is 0 Å². The fraction of sp³-hybridized carbons (Fsp3) is 0.750. The van der Waals surface area contributed by atoms with E-state index in [1.54, 1.807) is 9.80 Å². The van der Waals surface area contributed by atoms with Gasteiger partial charge in [-0.2, -0.15) is 0 Å². The largest absolute Gasteiger partial charge is 0.345 e. The zero-order valence-electron chi connectivity index (χ0n) is 14.4. The van der Waals surface area contributed by atoms with E-state index in [1.165, 1.54) is 11.3 Å². The first-order valence-corrected chi connectivity index (χ1v) is 9.14. The molecular formula is C16H26N4O2S. The Kier molecular flexibility index (Phi) is 6.10. The molecule has 1 aromatic rings. The van der Waals surface area contributed by atoms with E-state index in [2.05, 4.69) is 17.1 Å². The highest BCUT2D eigenvalue weighted by molar-refractivity contribution is 7.15. The van der Waals surface area contributed by atoms with E-state index >= 15 is 0 Å². The number of hydrogen-bond donors (Lipinski definition) is 0. The van der Waals surface area contributed by atoms with Gasteiger partial charge in [0.1, 0.15) is 5.01 Å². The first-order chi connectivity index (χ1) is 10.9. The molecule has 2 rings (SSSR count). The van der Waals surface area contributed by atoms with E-state index in [4.69, 9.17) is 0 Å². The zero-order chi connectivity index (χ0) is 17.0. The Labute approximate surface area is 141 Å². The summed E-state index contributed by atoms with van der Waals surface area (Å²) in [5.74, 6) is 0.0592. The monoisotopic (exact) mass is 338 g/mol. The molecule has 1 aliphatic rings. The van der Waals surface area contributed by atoms with Crippen molar-refractivity contribution >= 4 is 28.3 Å². The molecule has 0 radical (unpaired) electrons. The number of carbonyl (C=O) groups is 2. The van der Waals surface area contributed by atoms with Crippen molar-refractivity contribution in [1.82, 2.24) is 15.1 Å².